The molecule has 54 valence electrons. The van der Waals surface area contributed by atoms with E-state index in [9.17, 15) is 0 Å². The van der Waals surface area contributed by atoms with Gasteiger partial charge in [0.15, 0.2) is 0 Å². The summed E-state index contributed by atoms with van der Waals surface area (Å²) in [5, 5.41) is 10.2. The number of nitrogens with zero attached hydrogens (tertiary/aromatic N) is 1. The minimum absolute atomic E-state index is 0.376. The van der Waals surface area contributed by atoms with Crippen molar-refractivity contribution in [3.8, 4) is 0 Å². The first-order chi connectivity index (χ1) is 4.66. The first kappa shape index (κ1) is 6.99. The molecule has 0 fully saturated rings. The van der Waals surface area contributed by atoms with Crippen molar-refractivity contribution in [2.45, 2.75) is 19.4 Å². The summed E-state index contributed by atoms with van der Waals surface area (Å²) >= 11 is 0. The summed E-state index contributed by atoms with van der Waals surface area (Å²) < 4.78 is 0. The minimum Gasteiger partial charge on any atom is -0.373 e. The SMILES string of the molecule is CC1=CN=CC(C)(C=N)N1. The number of hydrogen-bond donors (Lipinski definition) is 2. The largest absolute Gasteiger partial charge is 0.373 e. The van der Waals surface area contributed by atoms with E-state index in [4.69, 9.17) is 5.41 Å². The van der Waals surface area contributed by atoms with E-state index in [1.54, 1.807) is 12.4 Å². The van der Waals surface area contributed by atoms with E-state index >= 15 is 0 Å². The van der Waals surface area contributed by atoms with Gasteiger partial charge in [0.2, 0.25) is 0 Å². The fourth-order valence-electron chi connectivity index (χ4n) is 0.867. The molecule has 0 radical (unpaired) electrons. The Morgan fingerprint density at radius 1 is 1.80 bits per heavy atom. The second kappa shape index (κ2) is 2.25. The maximum Gasteiger partial charge on any atom is 0.105 e. The van der Waals surface area contributed by atoms with Gasteiger partial charge in [-0.25, -0.2) is 0 Å². The third-order valence-corrected chi connectivity index (χ3v) is 1.38. The Hall–Kier alpha value is -1.12. The maximum absolute atomic E-state index is 7.08. The van der Waals surface area contributed by atoms with Crippen LogP contribution >= 0.6 is 0 Å². The Morgan fingerprint density at radius 2 is 2.50 bits per heavy atom. The Kier molecular flexibility index (Phi) is 1.57. The molecule has 0 aromatic heterocycles. The average Bonchev–Trinajstić information content (AvgIpc) is 1.88. The van der Waals surface area contributed by atoms with Crippen molar-refractivity contribution in [1.29, 1.82) is 5.41 Å². The first-order valence-corrected chi connectivity index (χ1v) is 3.17. The Labute approximate surface area is 60.4 Å². The van der Waals surface area contributed by atoms with Crippen molar-refractivity contribution in [2.24, 2.45) is 4.99 Å². The molecule has 0 spiro atoms. The van der Waals surface area contributed by atoms with Crippen LogP contribution in [0.25, 0.3) is 0 Å². The third kappa shape index (κ3) is 1.23. The highest BCUT2D eigenvalue weighted by Crippen LogP contribution is 2.05. The number of rotatable bonds is 1. The van der Waals surface area contributed by atoms with Crippen LogP contribution < -0.4 is 5.32 Å². The molecule has 1 aliphatic rings. The molecule has 1 unspecified atom stereocenters. The highest BCUT2D eigenvalue weighted by atomic mass is 15.0. The highest BCUT2D eigenvalue weighted by Gasteiger charge is 2.19. The number of allylic oxidation sites excluding steroid dienone is 1. The van der Waals surface area contributed by atoms with Crippen LogP contribution in [0.1, 0.15) is 13.8 Å². The molecular formula is C7H11N3. The van der Waals surface area contributed by atoms with Crippen molar-refractivity contribution in [2.75, 3.05) is 0 Å². The monoisotopic (exact) mass is 137 g/mol. The Bertz CT molecular complexity index is 205. The van der Waals surface area contributed by atoms with Crippen LogP contribution in [-0.2, 0) is 0 Å². The lowest BCUT2D eigenvalue weighted by Gasteiger charge is -2.25. The molecule has 1 heterocycles. The molecule has 0 bridgehead atoms. The molecule has 1 rings (SSSR count). The van der Waals surface area contributed by atoms with Crippen LogP contribution in [0.3, 0.4) is 0 Å². The summed E-state index contributed by atoms with van der Waals surface area (Å²) in [7, 11) is 0. The molecule has 0 aliphatic carbocycles. The van der Waals surface area contributed by atoms with Crippen LogP contribution in [0.5, 0.6) is 0 Å². The topological polar surface area (TPSA) is 48.2 Å². The molecule has 0 aromatic carbocycles. The van der Waals surface area contributed by atoms with Crippen molar-refractivity contribution in [1.82, 2.24) is 5.32 Å². The van der Waals surface area contributed by atoms with Crippen LogP contribution in [-0.4, -0.2) is 18.0 Å². The average molecular weight is 137 g/mol. The summed E-state index contributed by atoms with van der Waals surface area (Å²) in [5.41, 5.74) is 0.618. The van der Waals surface area contributed by atoms with Gasteiger partial charge in [0.1, 0.15) is 5.54 Å². The van der Waals surface area contributed by atoms with E-state index in [0.717, 1.165) is 5.70 Å². The molecule has 0 saturated carbocycles. The van der Waals surface area contributed by atoms with Crippen molar-refractivity contribution < 1.29 is 0 Å². The van der Waals surface area contributed by atoms with Crippen molar-refractivity contribution in [3.05, 3.63) is 11.9 Å². The lowest BCUT2D eigenvalue weighted by atomic mass is 10.1. The minimum atomic E-state index is -0.376. The van der Waals surface area contributed by atoms with Crippen LogP contribution in [0.4, 0.5) is 0 Å². The zero-order valence-corrected chi connectivity index (χ0v) is 6.18. The van der Waals surface area contributed by atoms with E-state index in [0.29, 0.717) is 0 Å². The molecular weight excluding hydrogens is 126 g/mol. The van der Waals surface area contributed by atoms with Crippen molar-refractivity contribution >= 4 is 12.4 Å². The van der Waals surface area contributed by atoms with Gasteiger partial charge in [0.25, 0.3) is 0 Å². The van der Waals surface area contributed by atoms with Gasteiger partial charge in [0, 0.05) is 24.3 Å². The van der Waals surface area contributed by atoms with E-state index in [1.165, 1.54) is 6.21 Å². The van der Waals surface area contributed by atoms with E-state index in [1.807, 2.05) is 13.8 Å². The molecule has 1 aliphatic heterocycles. The van der Waals surface area contributed by atoms with Gasteiger partial charge in [0.05, 0.1) is 0 Å². The van der Waals surface area contributed by atoms with E-state index in [2.05, 4.69) is 10.3 Å². The first-order valence-electron chi connectivity index (χ1n) is 3.17. The van der Waals surface area contributed by atoms with Gasteiger partial charge in [-0.2, -0.15) is 0 Å². The van der Waals surface area contributed by atoms with Crippen LogP contribution in [0, 0.1) is 5.41 Å². The van der Waals surface area contributed by atoms with Gasteiger partial charge in [-0.3, -0.25) is 4.99 Å². The van der Waals surface area contributed by atoms with Crippen LogP contribution in [0.15, 0.2) is 16.9 Å². The van der Waals surface area contributed by atoms with Crippen LogP contribution in [0.2, 0.25) is 0 Å². The van der Waals surface area contributed by atoms with E-state index in [-0.39, 0.29) is 5.54 Å². The van der Waals surface area contributed by atoms with Gasteiger partial charge in [-0.15, -0.1) is 0 Å². The zero-order valence-electron chi connectivity index (χ0n) is 6.18. The molecule has 3 nitrogen and oxygen atoms in total. The Morgan fingerprint density at radius 3 is 2.90 bits per heavy atom. The fraction of sp³-hybridized carbons (Fsp3) is 0.429. The number of aliphatic imine (C=N–C) groups is 1. The zero-order chi connectivity index (χ0) is 7.61. The van der Waals surface area contributed by atoms with Gasteiger partial charge in [-0.05, 0) is 13.8 Å². The standard InChI is InChI=1S/C7H11N3/c1-6-3-9-5-7(2,4-8)10-6/h3-5,8,10H,1-2H3. The second-order valence-corrected chi connectivity index (χ2v) is 2.64. The summed E-state index contributed by atoms with van der Waals surface area (Å²) in [6, 6.07) is 0. The third-order valence-electron chi connectivity index (χ3n) is 1.38. The molecule has 1 atom stereocenters. The van der Waals surface area contributed by atoms with Gasteiger partial charge < -0.3 is 10.7 Å². The van der Waals surface area contributed by atoms with Gasteiger partial charge >= 0.3 is 0 Å². The summed E-state index contributed by atoms with van der Waals surface area (Å²) in [4.78, 5) is 3.98. The summed E-state index contributed by atoms with van der Waals surface area (Å²) in [6.07, 6.45) is 4.80. The normalized spacial score (nSPS) is 30.8. The predicted molar refractivity (Wildman–Crippen MR) is 42.6 cm³/mol. The molecule has 2 N–H and O–H groups in total. The molecule has 0 aromatic rings. The maximum atomic E-state index is 7.08. The second-order valence-electron chi connectivity index (χ2n) is 2.64. The molecule has 3 heteroatoms. The quantitative estimate of drug-likeness (QED) is 0.519. The lowest BCUT2D eigenvalue weighted by Crippen LogP contribution is -2.45. The van der Waals surface area contributed by atoms with Gasteiger partial charge in [-0.1, -0.05) is 0 Å². The van der Waals surface area contributed by atoms with Crippen molar-refractivity contribution in [3.63, 3.8) is 0 Å². The summed E-state index contributed by atoms with van der Waals surface area (Å²) in [5.74, 6) is 0. The fourth-order valence-corrected chi connectivity index (χ4v) is 0.867. The Balaban J connectivity index is 2.80. The summed E-state index contributed by atoms with van der Waals surface area (Å²) in [6.45, 7) is 3.83. The van der Waals surface area contributed by atoms with E-state index < -0.39 is 0 Å². The highest BCUT2D eigenvalue weighted by molar-refractivity contribution is 5.93. The number of nitrogens with one attached hydrogen (secondary N) is 2. The molecule has 0 saturated heterocycles. The molecule has 10 heavy (non-hydrogen) atoms. The smallest absolute Gasteiger partial charge is 0.105 e. The number of hydrogen-bond acceptors (Lipinski definition) is 3. The predicted octanol–water partition coefficient (Wildman–Crippen LogP) is 0.930. The lowest BCUT2D eigenvalue weighted by molar-refractivity contribution is 0.670. The molecule has 0 amide bonds.